The molecule has 0 atom stereocenters. The lowest BCUT2D eigenvalue weighted by Gasteiger charge is -2.27. The topological polar surface area (TPSA) is 74.6 Å². The molecule has 1 heterocycles. The van der Waals surface area contributed by atoms with Crippen molar-refractivity contribution in [1.29, 1.82) is 0 Å². The van der Waals surface area contributed by atoms with Crippen LogP contribution in [-0.2, 0) is 10.8 Å². The summed E-state index contributed by atoms with van der Waals surface area (Å²) >= 11 is 0. The molecule has 0 saturated carbocycles. The maximum Gasteiger partial charge on any atom is 0.272 e. The molecule has 0 unspecified atom stereocenters. The number of nitrogens with zero attached hydrogens (tertiary/aromatic N) is 2. The van der Waals surface area contributed by atoms with Crippen LogP contribution in [-0.4, -0.2) is 22.2 Å². The van der Waals surface area contributed by atoms with Crippen molar-refractivity contribution >= 4 is 12.1 Å². The number of phenols is 1. The molecule has 5 heteroatoms. The number of rotatable bonds is 3. The Morgan fingerprint density at radius 3 is 2.15 bits per heavy atom. The number of carbonyl (C=O) groups is 1. The van der Waals surface area contributed by atoms with Crippen molar-refractivity contribution in [2.45, 2.75) is 52.4 Å². The van der Waals surface area contributed by atoms with E-state index < -0.39 is 0 Å². The number of amides is 1. The van der Waals surface area contributed by atoms with Crippen LogP contribution < -0.4 is 5.43 Å². The van der Waals surface area contributed by atoms with Gasteiger partial charge in [-0.1, -0.05) is 41.5 Å². The summed E-state index contributed by atoms with van der Waals surface area (Å²) in [7, 11) is 0. The average molecular weight is 353 g/mol. The van der Waals surface area contributed by atoms with Crippen molar-refractivity contribution in [3.63, 3.8) is 0 Å². The minimum absolute atomic E-state index is 0.215. The van der Waals surface area contributed by atoms with Crippen molar-refractivity contribution < 1.29 is 9.90 Å². The third-order valence-electron chi connectivity index (χ3n) is 4.05. The van der Waals surface area contributed by atoms with Crippen molar-refractivity contribution in [1.82, 2.24) is 10.4 Å². The van der Waals surface area contributed by atoms with Gasteiger partial charge in [0.25, 0.3) is 5.91 Å². The Kier molecular flexibility index (Phi) is 5.50. The van der Waals surface area contributed by atoms with Gasteiger partial charge in [-0.25, -0.2) is 5.43 Å². The highest BCUT2D eigenvalue weighted by atomic mass is 16.3. The molecule has 5 nitrogen and oxygen atoms in total. The normalized spacial score (nSPS) is 12.4. The monoisotopic (exact) mass is 353 g/mol. The van der Waals surface area contributed by atoms with Gasteiger partial charge in [-0.05, 0) is 40.7 Å². The second-order valence-corrected chi connectivity index (χ2v) is 8.41. The molecule has 0 aliphatic carbocycles. The summed E-state index contributed by atoms with van der Waals surface area (Å²) in [6.07, 6.45) is 4.69. The highest BCUT2D eigenvalue weighted by Gasteiger charge is 2.26. The van der Waals surface area contributed by atoms with Gasteiger partial charge in [0, 0.05) is 23.5 Å². The number of carbonyl (C=O) groups excluding carboxylic acids is 1. The average Bonchev–Trinajstić information content (AvgIpc) is 2.54. The van der Waals surface area contributed by atoms with Crippen molar-refractivity contribution in [3.8, 4) is 5.75 Å². The first kappa shape index (κ1) is 19.6. The number of pyridine rings is 1. The number of hydrogen-bond donors (Lipinski definition) is 2. The van der Waals surface area contributed by atoms with Crippen LogP contribution in [0.25, 0.3) is 0 Å². The van der Waals surface area contributed by atoms with Gasteiger partial charge in [0.05, 0.1) is 11.8 Å². The third kappa shape index (κ3) is 4.69. The molecular formula is C21H27N3O2. The number of aromatic hydroxyl groups is 1. The van der Waals surface area contributed by atoms with E-state index in [1.54, 1.807) is 24.5 Å². The molecule has 1 amide bonds. The van der Waals surface area contributed by atoms with Gasteiger partial charge in [0.2, 0.25) is 0 Å². The first-order valence-corrected chi connectivity index (χ1v) is 8.61. The molecular weight excluding hydrogens is 326 g/mol. The number of nitrogens with one attached hydrogen (secondary N) is 1. The van der Waals surface area contributed by atoms with Crippen molar-refractivity contribution in [2.24, 2.45) is 5.10 Å². The van der Waals surface area contributed by atoms with Gasteiger partial charge in [-0.2, -0.15) is 5.10 Å². The maximum absolute atomic E-state index is 12.0. The number of benzene rings is 1. The van der Waals surface area contributed by atoms with Gasteiger partial charge in [0.15, 0.2) is 0 Å². The Hall–Kier alpha value is -2.69. The Morgan fingerprint density at radius 1 is 1.12 bits per heavy atom. The quantitative estimate of drug-likeness (QED) is 0.643. The molecule has 0 saturated heterocycles. The summed E-state index contributed by atoms with van der Waals surface area (Å²) in [5.41, 5.74) is 5.05. The minimum Gasteiger partial charge on any atom is -0.507 e. The lowest BCUT2D eigenvalue weighted by atomic mass is 9.78. The standard InChI is InChI=1S/C21H27N3O2/c1-20(2,3)16-10-14(11-17(18(16)25)21(4,5)6)12-23-24-19(26)15-8-7-9-22-13-15/h7-13,25H,1-6H3,(H,24,26)/b23-12-. The van der Waals surface area contributed by atoms with E-state index >= 15 is 0 Å². The summed E-state index contributed by atoms with van der Waals surface area (Å²) in [6, 6.07) is 7.19. The van der Waals surface area contributed by atoms with E-state index in [0.29, 0.717) is 11.3 Å². The molecule has 0 radical (unpaired) electrons. The fraction of sp³-hybridized carbons (Fsp3) is 0.381. The van der Waals surface area contributed by atoms with Crippen LogP contribution in [0.5, 0.6) is 5.75 Å². The van der Waals surface area contributed by atoms with E-state index in [1.807, 2.05) is 12.1 Å². The molecule has 0 aliphatic rings. The van der Waals surface area contributed by atoms with E-state index in [1.165, 1.54) is 6.20 Å². The maximum atomic E-state index is 12.0. The molecule has 1 aromatic carbocycles. The van der Waals surface area contributed by atoms with E-state index in [4.69, 9.17) is 0 Å². The first-order valence-electron chi connectivity index (χ1n) is 8.61. The first-order chi connectivity index (χ1) is 12.0. The zero-order chi connectivity index (χ0) is 19.5. The summed E-state index contributed by atoms with van der Waals surface area (Å²) in [5.74, 6) is 0.00163. The van der Waals surface area contributed by atoms with E-state index in [2.05, 4.69) is 57.1 Å². The second-order valence-electron chi connectivity index (χ2n) is 8.41. The third-order valence-corrected chi connectivity index (χ3v) is 4.05. The van der Waals surface area contributed by atoms with Crippen molar-refractivity contribution in [2.75, 3.05) is 0 Å². The number of hydrazone groups is 1. The van der Waals surface area contributed by atoms with E-state index in [9.17, 15) is 9.90 Å². The highest BCUT2D eigenvalue weighted by Crippen LogP contribution is 2.39. The molecule has 26 heavy (non-hydrogen) atoms. The van der Waals surface area contributed by atoms with Crippen molar-refractivity contribution in [3.05, 3.63) is 58.9 Å². The summed E-state index contributed by atoms with van der Waals surface area (Å²) < 4.78 is 0. The van der Waals surface area contributed by atoms with E-state index in [0.717, 1.165) is 16.7 Å². The Morgan fingerprint density at radius 2 is 1.69 bits per heavy atom. The smallest absolute Gasteiger partial charge is 0.272 e. The predicted octanol–water partition coefficient (Wildman–Crippen LogP) is 4.15. The molecule has 1 aromatic heterocycles. The summed E-state index contributed by atoms with van der Waals surface area (Å²) in [5, 5.41) is 14.8. The number of hydrogen-bond acceptors (Lipinski definition) is 4. The molecule has 0 bridgehead atoms. The molecule has 2 aromatic rings. The zero-order valence-electron chi connectivity index (χ0n) is 16.3. The van der Waals surface area contributed by atoms with Crippen LogP contribution >= 0.6 is 0 Å². The van der Waals surface area contributed by atoms with Gasteiger partial charge in [-0.15, -0.1) is 0 Å². The van der Waals surface area contributed by atoms with Crippen LogP contribution in [0.2, 0.25) is 0 Å². The van der Waals surface area contributed by atoms with Crippen LogP contribution in [0.15, 0.2) is 41.8 Å². The minimum atomic E-state index is -0.319. The Labute approximate surface area is 155 Å². The molecule has 0 fully saturated rings. The Balaban J connectivity index is 2.33. The van der Waals surface area contributed by atoms with Gasteiger partial charge in [-0.3, -0.25) is 9.78 Å². The Bertz CT molecular complexity index is 778. The van der Waals surface area contributed by atoms with E-state index in [-0.39, 0.29) is 16.7 Å². The fourth-order valence-corrected chi connectivity index (χ4v) is 2.60. The lowest BCUT2D eigenvalue weighted by molar-refractivity contribution is 0.0954. The zero-order valence-corrected chi connectivity index (χ0v) is 16.3. The number of aromatic nitrogens is 1. The molecule has 0 spiro atoms. The molecule has 0 aliphatic heterocycles. The SMILES string of the molecule is CC(C)(C)c1cc(/C=N\NC(=O)c2cccnc2)cc(C(C)(C)C)c1O. The fourth-order valence-electron chi connectivity index (χ4n) is 2.60. The van der Waals surface area contributed by atoms with Crippen LogP contribution in [0.1, 0.15) is 68.6 Å². The molecule has 2 rings (SSSR count). The van der Waals surface area contributed by atoms with Crippen LogP contribution in [0, 0.1) is 0 Å². The van der Waals surface area contributed by atoms with Gasteiger partial charge >= 0.3 is 0 Å². The van der Waals surface area contributed by atoms with Crippen LogP contribution in [0.3, 0.4) is 0 Å². The van der Waals surface area contributed by atoms with Crippen LogP contribution in [0.4, 0.5) is 0 Å². The summed E-state index contributed by atoms with van der Waals surface area (Å²) in [4.78, 5) is 16.0. The number of phenolic OH excluding ortho intramolecular Hbond substituents is 1. The predicted molar refractivity (Wildman–Crippen MR) is 105 cm³/mol. The largest absolute Gasteiger partial charge is 0.507 e. The second kappa shape index (κ2) is 7.28. The molecule has 138 valence electrons. The lowest BCUT2D eigenvalue weighted by Crippen LogP contribution is -2.19. The highest BCUT2D eigenvalue weighted by molar-refractivity contribution is 5.94. The molecule has 2 N–H and O–H groups in total. The van der Waals surface area contributed by atoms with Gasteiger partial charge < -0.3 is 5.11 Å². The van der Waals surface area contributed by atoms with Gasteiger partial charge in [0.1, 0.15) is 5.75 Å². The summed E-state index contributed by atoms with van der Waals surface area (Å²) in [6.45, 7) is 12.3.